The third kappa shape index (κ3) is 4.70. The molecule has 1 aromatic heterocycles. The predicted octanol–water partition coefficient (Wildman–Crippen LogP) is 1.56. The van der Waals surface area contributed by atoms with E-state index in [1.807, 2.05) is 12.3 Å². The van der Waals surface area contributed by atoms with Crippen LogP contribution in [-0.4, -0.2) is 54.9 Å². The van der Waals surface area contributed by atoms with Gasteiger partial charge in [-0.15, -0.1) is 0 Å². The average molecular weight is 269 g/mol. The fourth-order valence-electron chi connectivity index (χ4n) is 1.70. The summed E-state index contributed by atoms with van der Waals surface area (Å²) in [6.07, 6.45) is 3.07. The zero-order valence-corrected chi connectivity index (χ0v) is 12.5. The Hall–Kier alpha value is -1.01. The van der Waals surface area contributed by atoms with Gasteiger partial charge in [-0.25, -0.2) is 9.97 Å². The summed E-state index contributed by atoms with van der Waals surface area (Å²) in [6, 6.07) is 1.85. The quantitative estimate of drug-likeness (QED) is 0.599. The molecule has 1 heterocycles. The maximum Gasteiger partial charge on any atom is 0.191 e. The van der Waals surface area contributed by atoms with Gasteiger partial charge in [0.05, 0.1) is 0 Å². The zero-order valence-electron chi connectivity index (χ0n) is 11.7. The number of rotatable bonds is 7. The second-order valence-corrected chi connectivity index (χ2v) is 5.15. The van der Waals surface area contributed by atoms with Gasteiger partial charge in [0, 0.05) is 19.2 Å². The first kappa shape index (κ1) is 15.0. The van der Waals surface area contributed by atoms with E-state index in [-0.39, 0.29) is 0 Å². The van der Waals surface area contributed by atoms with Gasteiger partial charge in [-0.3, -0.25) is 0 Å². The summed E-state index contributed by atoms with van der Waals surface area (Å²) in [5.74, 6) is 1.46. The number of hydrogen-bond acceptors (Lipinski definition) is 6. The van der Waals surface area contributed by atoms with Crippen LogP contribution in [0.25, 0.3) is 0 Å². The van der Waals surface area contributed by atoms with Crippen molar-refractivity contribution in [2.24, 2.45) is 0 Å². The van der Waals surface area contributed by atoms with E-state index in [0.717, 1.165) is 37.0 Å². The molecule has 1 aromatic rings. The highest BCUT2D eigenvalue weighted by atomic mass is 32.2. The molecule has 0 atom stereocenters. The minimum atomic E-state index is 0.537. The van der Waals surface area contributed by atoms with Gasteiger partial charge < -0.3 is 15.5 Å². The van der Waals surface area contributed by atoms with Crippen LogP contribution in [-0.2, 0) is 0 Å². The molecule has 0 bridgehead atoms. The lowest BCUT2D eigenvalue weighted by Crippen LogP contribution is -2.28. The second kappa shape index (κ2) is 7.43. The summed E-state index contributed by atoms with van der Waals surface area (Å²) in [4.78, 5) is 13.1. The van der Waals surface area contributed by atoms with E-state index in [1.165, 1.54) is 11.8 Å². The second-order valence-electron chi connectivity index (χ2n) is 4.37. The Morgan fingerprint density at radius 1 is 1.28 bits per heavy atom. The van der Waals surface area contributed by atoms with Crippen molar-refractivity contribution in [1.82, 2.24) is 14.9 Å². The van der Waals surface area contributed by atoms with Gasteiger partial charge in [-0.1, -0.05) is 11.8 Å². The molecule has 0 aliphatic heterocycles. The summed E-state index contributed by atoms with van der Waals surface area (Å²) in [5.41, 5.74) is 5.81. The number of nitrogens with two attached hydrogens (primary N) is 1. The number of nitrogen functional groups attached to an aromatic ring is 1. The van der Waals surface area contributed by atoms with Gasteiger partial charge in [0.1, 0.15) is 11.6 Å². The Labute approximate surface area is 114 Å². The van der Waals surface area contributed by atoms with E-state index in [9.17, 15) is 0 Å². The first-order valence-corrected chi connectivity index (χ1v) is 7.37. The summed E-state index contributed by atoms with van der Waals surface area (Å²) >= 11 is 1.52. The fraction of sp³-hybridized carbons (Fsp3) is 0.667. The molecule has 0 amide bonds. The highest BCUT2D eigenvalue weighted by Gasteiger charge is 2.09. The van der Waals surface area contributed by atoms with Crippen molar-refractivity contribution in [2.75, 3.05) is 50.6 Å². The SMILES string of the molecule is CCN(CCCN(C)C)c1cc(N)nc(SC)n1. The summed E-state index contributed by atoms with van der Waals surface area (Å²) in [6.45, 7) is 5.12. The zero-order chi connectivity index (χ0) is 13.5. The Balaban J connectivity index is 2.71. The fourth-order valence-corrected chi connectivity index (χ4v) is 2.08. The molecule has 0 aliphatic rings. The van der Waals surface area contributed by atoms with Crippen LogP contribution in [0.4, 0.5) is 11.6 Å². The van der Waals surface area contributed by atoms with Crippen LogP contribution in [0, 0.1) is 0 Å². The van der Waals surface area contributed by atoms with Crippen LogP contribution >= 0.6 is 11.8 Å². The third-order valence-corrected chi connectivity index (χ3v) is 3.18. The molecule has 0 saturated carbocycles. The normalized spacial score (nSPS) is 10.9. The van der Waals surface area contributed by atoms with Crippen LogP contribution in [0.1, 0.15) is 13.3 Å². The van der Waals surface area contributed by atoms with Crippen molar-refractivity contribution in [3.05, 3.63) is 6.07 Å². The Kier molecular flexibility index (Phi) is 6.21. The van der Waals surface area contributed by atoms with Gasteiger partial charge in [0.15, 0.2) is 5.16 Å². The molecule has 0 aromatic carbocycles. The van der Waals surface area contributed by atoms with Crippen molar-refractivity contribution in [2.45, 2.75) is 18.5 Å². The Morgan fingerprint density at radius 2 is 2.00 bits per heavy atom. The minimum absolute atomic E-state index is 0.537. The van der Waals surface area contributed by atoms with E-state index in [4.69, 9.17) is 5.73 Å². The van der Waals surface area contributed by atoms with Crippen LogP contribution in [0.15, 0.2) is 11.2 Å². The third-order valence-electron chi connectivity index (χ3n) is 2.63. The van der Waals surface area contributed by atoms with Gasteiger partial charge in [0.25, 0.3) is 0 Å². The van der Waals surface area contributed by atoms with Crippen molar-refractivity contribution >= 4 is 23.4 Å². The Morgan fingerprint density at radius 3 is 2.56 bits per heavy atom. The smallest absolute Gasteiger partial charge is 0.191 e. The van der Waals surface area contributed by atoms with Crippen LogP contribution in [0.2, 0.25) is 0 Å². The topological polar surface area (TPSA) is 58.3 Å². The van der Waals surface area contributed by atoms with Gasteiger partial charge in [-0.05, 0) is 40.2 Å². The lowest BCUT2D eigenvalue weighted by molar-refractivity contribution is 0.400. The van der Waals surface area contributed by atoms with E-state index < -0.39 is 0 Å². The molecule has 0 fully saturated rings. The lowest BCUT2D eigenvalue weighted by Gasteiger charge is -2.23. The maximum atomic E-state index is 5.81. The molecular weight excluding hydrogens is 246 g/mol. The molecule has 102 valence electrons. The van der Waals surface area contributed by atoms with Gasteiger partial charge in [0.2, 0.25) is 0 Å². The summed E-state index contributed by atoms with van der Waals surface area (Å²) in [7, 11) is 4.18. The number of hydrogen-bond donors (Lipinski definition) is 1. The van der Waals surface area contributed by atoms with Crippen molar-refractivity contribution in [1.29, 1.82) is 0 Å². The first-order chi connectivity index (χ1) is 8.56. The minimum Gasteiger partial charge on any atom is -0.383 e. The molecule has 0 saturated heterocycles. The van der Waals surface area contributed by atoms with Crippen molar-refractivity contribution < 1.29 is 0 Å². The monoisotopic (exact) mass is 269 g/mol. The number of nitrogens with zero attached hydrogens (tertiary/aromatic N) is 4. The molecule has 1 rings (SSSR count). The van der Waals surface area contributed by atoms with Gasteiger partial charge in [-0.2, -0.15) is 0 Å². The molecule has 0 unspecified atom stereocenters. The molecule has 2 N–H and O–H groups in total. The number of thioether (sulfide) groups is 1. The highest BCUT2D eigenvalue weighted by molar-refractivity contribution is 7.98. The van der Waals surface area contributed by atoms with Crippen LogP contribution < -0.4 is 10.6 Å². The Bertz CT molecular complexity index is 369. The maximum absolute atomic E-state index is 5.81. The summed E-state index contributed by atoms with van der Waals surface area (Å²) < 4.78 is 0. The van der Waals surface area contributed by atoms with E-state index >= 15 is 0 Å². The molecule has 18 heavy (non-hydrogen) atoms. The van der Waals surface area contributed by atoms with Crippen LogP contribution in [0.3, 0.4) is 0 Å². The molecule has 0 spiro atoms. The predicted molar refractivity (Wildman–Crippen MR) is 79.3 cm³/mol. The molecule has 5 nitrogen and oxygen atoms in total. The number of aromatic nitrogens is 2. The standard InChI is InChI=1S/C12H23N5S/c1-5-17(8-6-7-16(2)3)11-9-10(13)14-12(15-11)18-4/h9H,5-8H2,1-4H3,(H2,13,14,15). The van der Waals surface area contributed by atoms with E-state index in [0.29, 0.717) is 5.82 Å². The summed E-state index contributed by atoms with van der Waals surface area (Å²) in [5, 5.41) is 0.732. The van der Waals surface area contributed by atoms with E-state index in [2.05, 4.69) is 40.8 Å². The molecule has 0 aliphatic carbocycles. The van der Waals surface area contributed by atoms with E-state index in [1.54, 1.807) is 0 Å². The lowest BCUT2D eigenvalue weighted by atomic mass is 10.3. The highest BCUT2D eigenvalue weighted by Crippen LogP contribution is 2.18. The van der Waals surface area contributed by atoms with Crippen LogP contribution in [0.5, 0.6) is 0 Å². The van der Waals surface area contributed by atoms with Gasteiger partial charge >= 0.3 is 0 Å². The number of anilines is 2. The first-order valence-electron chi connectivity index (χ1n) is 6.15. The molecule has 6 heteroatoms. The average Bonchev–Trinajstić information content (AvgIpc) is 2.33. The van der Waals surface area contributed by atoms with Crippen molar-refractivity contribution in [3.63, 3.8) is 0 Å². The van der Waals surface area contributed by atoms with Crippen molar-refractivity contribution in [3.8, 4) is 0 Å². The molecule has 0 radical (unpaired) electrons. The molecular formula is C12H23N5S. The largest absolute Gasteiger partial charge is 0.383 e.